The third-order valence-electron chi connectivity index (χ3n) is 2.09. The van der Waals surface area contributed by atoms with Crippen molar-refractivity contribution in [2.24, 2.45) is 0 Å². The van der Waals surface area contributed by atoms with Crippen molar-refractivity contribution < 1.29 is 5.21 Å². The fourth-order valence-corrected chi connectivity index (χ4v) is 1.38. The van der Waals surface area contributed by atoms with E-state index in [0.29, 0.717) is 0 Å². The fraction of sp³-hybridized carbons (Fsp3) is 0.400. The standard InChI is InChI=1S/C10H15NO/c1-7-4-5-10(8(2)6-7)9(3)11-12/h4-6,9,11-12H,1-3H3/t9-/m1/s1. The second kappa shape index (κ2) is 3.70. The van der Waals surface area contributed by atoms with E-state index >= 15 is 0 Å². The summed E-state index contributed by atoms with van der Waals surface area (Å²) in [7, 11) is 0. The number of hydroxylamine groups is 1. The van der Waals surface area contributed by atoms with Crippen molar-refractivity contribution in [1.29, 1.82) is 0 Å². The van der Waals surface area contributed by atoms with Crippen LogP contribution in [0.3, 0.4) is 0 Å². The highest BCUT2D eigenvalue weighted by Gasteiger charge is 2.05. The average Bonchev–Trinajstić information content (AvgIpc) is 2.03. The Kier molecular flexibility index (Phi) is 2.84. The lowest BCUT2D eigenvalue weighted by molar-refractivity contribution is 0.133. The van der Waals surface area contributed by atoms with E-state index in [2.05, 4.69) is 31.5 Å². The van der Waals surface area contributed by atoms with Gasteiger partial charge in [0.05, 0.1) is 6.04 Å². The van der Waals surface area contributed by atoms with E-state index in [9.17, 15) is 0 Å². The maximum atomic E-state index is 8.73. The highest BCUT2D eigenvalue weighted by molar-refractivity contribution is 5.32. The van der Waals surface area contributed by atoms with Gasteiger partial charge in [0.2, 0.25) is 0 Å². The van der Waals surface area contributed by atoms with Gasteiger partial charge in [0.25, 0.3) is 0 Å². The molecule has 0 saturated carbocycles. The third-order valence-corrected chi connectivity index (χ3v) is 2.09. The lowest BCUT2D eigenvalue weighted by Gasteiger charge is -2.12. The molecule has 0 aliphatic rings. The predicted molar refractivity (Wildman–Crippen MR) is 49.3 cm³/mol. The van der Waals surface area contributed by atoms with Gasteiger partial charge in [-0.15, -0.1) is 0 Å². The van der Waals surface area contributed by atoms with Gasteiger partial charge in [-0.05, 0) is 31.9 Å². The Bertz CT molecular complexity index is 271. The summed E-state index contributed by atoms with van der Waals surface area (Å²) < 4.78 is 0. The zero-order valence-corrected chi connectivity index (χ0v) is 7.76. The van der Waals surface area contributed by atoms with Gasteiger partial charge in [-0.3, -0.25) is 0 Å². The van der Waals surface area contributed by atoms with Crippen LogP contribution in [0, 0.1) is 13.8 Å². The quantitative estimate of drug-likeness (QED) is 0.659. The van der Waals surface area contributed by atoms with E-state index in [4.69, 9.17) is 5.21 Å². The summed E-state index contributed by atoms with van der Waals surface area (Å²) in [5.41, 5.74) is 5.85. The van der Waals surface area contributed by atoms with Gasteiger partial charge in [0.15, 0.2) is 0 Å². The van der Waals surface area contributed by atoms with E-state index in [0.717, 1.165) is 5.56 Å². The van der Waals surface area contributed by atoms with Crippen molar-refractivity contribution in [1.82, 2.24) is 5.48 Å². The van der Waals surface area contributed by atoms with E-state index in [1.165, 1.54) is 11.1 Å². The largest absolute Gasteiger partial charge is 0.316 e. The molecule has 0 aromatic heterocycles. The normalized spacial score (nSPS) is 13.0. The van der Waals surface area contributed by atoms with Gasteiger partial charge >= 0.3 is 0 Å². The topological polar surface area (TPSA) is 32.3 Å². The van der Waals surface area contributed by atoms with Crippen LogP contribution < -0.4 is 5.48 Å². The van der Waals surface area contributed by atoms with Gasteiger partial charge in [-0.25, -0.2) is 0 Å². The first-order valence-electron chi connectivity index (χ1n) is 4.12. The smallest absolute Gasteiger partial charge is 0.0543 e. The first-order chi connectivity index (χ1) is 5.65. The molecule has 0 spiro atoms. The fourth-order valence-electron chi connectivity index (χ4n) is 1.38. The first kappa shape index (κ1) is 9.23. The molecule has 66 valence electrons. The van der Waals surface area contributed by atoms with Crippen molar-refractivity contribution in [3.8, 4) is 0 Å². The molecule has 2 N–H and O–H groups in total. The molecule has 1 rings (SSSR count). The maximum Gasteiger partial charge on any atom is 0.0543 e. The predicted octanol–water partition coefficient (Wildman–Crippen LogP) is 2.34. The Morgan fingerprint density at radius 3 is 2.50 bits per heavy atom. The monoisotopic (exact) mass is 165 g/mol. The Morgan fingerprint density at radius 2 is 2.00 bits per heavy atom. The minimum Gasteiger partial charge on any atom is -0.316 e. The second-order valence-electron chi connectivity index (χ2n) is 3.21. The van der Waals surface area contributed by atoms with Crippen molar-refractivity contribution in [2.45, 2.75) is 26.8 Å². The van der Waals surface area contributed by atoms with Crippen molar-refractivity contribution in [2.75, 3.05) is 0 Å². The van der Waals surface area contributed by atoms with Crippen LogP contribution >= 0.6 is 0 Å². The summed E-state index contributed by atoms with van der Waals surface area (Å²) in [5, 5.41) is 8.73. The van der Waals surface area contributed by atoms with E-state index in [1.54, 1.807) is 0 Å². The molecule has 1 atom stereocenters. The van der Waals surface area contributed by atoms with E-state index in [1.807, 2.05) is 13.0 Å². The molecule has 0 radical (unpaired) electrons. The Morgan fingerprint density at radius 1 is 1.33 bits per heavy atom. The lowest BCUT2D eigenvalue weighted by atomic mass is 10.0. The van der Waals surface area contributed by atoms with Crippen LogP contribution in [-0.2, 0) is 0 Å². The molecule has 1 aromatic rings. The highest BCUT2D eigenvalue weighted by Crippen LogP contribution is 2.17. The number of benzene rings is 1. The zero-order valence-electron chi connectivity index (χ0n) is 7.76. The molecule has 0 heterocycles. The maximum absolute atomic E-state index is 8.73. The van der Waals surface area contributed by atoms with Gasteiger partial charge in [-0.2, -0.15) is 5.48 Å². The van der Waals surface area contributed by atoms with E-state index < -0.39 is 0 Å². The van der Waals surface area contributed by atoms with Crippen LogP contribution in [-0.4, -0.2) is 5.21 Å². The van der Waals surface area contributed by atoms with Crippen LogP contribution in [0.5, 0.6) is 0 Å². The molecule has 0 aliphatic carbocycles. The van der Waals surface area contributed by atoms with Gasteiger partial charge in [-0.1, -0.05) is 23.8 Å². The molecule has 0 unspecified atom stereocenters. The summed E-state index contributed by atoms with van der Waals surface area (Å²) in [6.45, 7) is 6.04. The molecule has 0 fully saturated rings. The van der Waals surface area contributed by atoms with Gasteiger partial charge < -0.3 is 5.21 Å². The number of hydrogen-bond acceptors (Lipinski definition) is 2. The third kappa shape index (κ3) is 1.84. The summed E-state index contributed by atoms with van der Waals surface area (Å²) in [5.74, 6) is 0. The Hall–Kier alpha value is -0.860. The molecule has 12 heavy (non-hydrogen) atoms. The average molecular weight is 165 g/mol. The van der Waals surface area contributed by atoms with E-state index in [-0.39, 0.29) is 6.04 Å². The van der Waals surface area contributed by atoms with Crippen LogP contribution in [0.15, 0.2) is 18.2 Å². The van der Waals surface area contributed by atoms with Crippen LogP contribution in [0.25, 0.3) is 0 Å². The first-order valence-corrected chi connectivity index (χ1v) is 4.12. The molecule has 1 aromatic carbocycles. The second-order valence-corrected chi connectivity index (χ2v) is 3.21. The summed E-state index contributed by atoms with van der Waals surface area (Å²) in [6.07, 6.45) is 0. The van der Waals surface area contributed by atoms with Crippen LogP contribution in [0.4, 0.5) is 0 Å². The SMILES string of the molecule is Cc1ccc([C@@H](C)NO)c(C)c1. The molecule has 2 nitrogen and oxygen atoms in total. The van der Waals surface area contributed by atoms with Gasteiger partial charge in [0, 0.05) is 0 Å². The molecule has 2 heteroatoms. The minimum absolute atomic E-state index is 0.00519. The number of hydrogen-bond donors (Lipinski definition) is 2. The molecular formula is C10H15NO. The zero-order chi connectivity index (χ0) is 9.14. The van der Waals surface area contributed by atoms with Crippen molar-refractivity contribution >= 4 is 0 Å². The lowest BCUT2D eigenvalue weighted by Crippen LogP contribution is -2.14. The van der Waals surface area contributed by atoms with Crippen LogP contribution in [0.2, 0.25) is 0 Å². The molecular weight excluding hydrogens is 150 g/mol. The number of rotatable bonds is 2. The van der Waals surface area contributed by atoms with Crippen LogP contribution in [0.1, 0.15) is 29.7 Å². The summed E-state index contributed by atoms with van der Waals surface area (Å²) >= 11 is 0. The molecule has 0 amide bonds. The Labute approximate surface area is 73.2 Å². The molecule has 0 aliphatic heterocycles. The Balaban J connectivity index is 3.01. The highest BCUT2D eigenvalue weighted by atomic mass is 16.5. The summed E-state index contributed by atoms with van der Waals surface area (Å²) in [4.78, 5) is 0. The van der Waals surface area contributed by atoms with Crippen molar-refractivity contribution in [3.05, 3.63) is 34.9 Å². The summed E-state index contributed by atoms with van der Waals surface area (Å²) in [6, 6.07) is 6.21. The number of aryl methyl sites for hydroxylation is 2. The van der Waals surface area contributed by atoms with Gasteiger partial charge in [0.1, 0.15) is 0 Å². The number of nitrogens with one attached hydrogen (secondary N) is 1. The van der Waals surface area contributed by atoms with Crippen molar-refractivity contribution in [3.63, 3.8) is 0 Å². The minimum atomic E-state index is 0.00519. The molecule has 0 saturated heterocycles. The molecule has 0 bridgehead atoms.